The van der Waals surface area contributed by atoms with E-state index in [0.717, 1.165) is 28.7 Å². The van der Waals surface area contributed by atoms with Crippen molar-refractivity contribution in [3.63, 3.8) is 0 Å². The first-order chi connectivity index (χ1) is 10.5. The highest BCUT2D eigenvalue weighted by Gasteiger charge is 2.30. The van der Waals surface area contributed by atoms with Crippen LogP contribution in [0, 0.1) is 0 Å². The minimum Gasteiger partial charge on any atom is -0.256 e. The van der Waals surface area contributed by atoms with Gasteiger partial charge in [0.2, 0.25) is 0 Å². The van der Waals surface area contributed by atoms with Crippen molar-refractivity contribution in [1.29, 1.82) is 0 Å². The maximum absolute atomic E-state index is 12.5. The quantitative estimate of drug-likeness (QED) is 0.639. The molecular weight excluding hydrogens is 309 g/mol. The third-order valence-corrected chi connectivity index (χ3v) is 4.15. The predicted molar refractivity (Wildman–Crippen MR) is 80.5 cm³/mol. The molecule has 0 aliphatic heterocycles. The average molecular weight is 320 g/mol. The molecule has 3 rings (SSSR count). The lowest BCUT2D eigenvalue weighted by Crippen LogP contribution is -2.05. The lowest BCUT2D eigenvalue weighted by Gasteiger charge is -2.07. The number of halogens is 3. The van der Waals surface area contributed by atoms with Crippen molar-refractivity contribution in [3.8, 4) is 0 Å². The van der Waals surface area contributed by atoms with Crippen LogP contribution in [0.4, 0.5) is 13.2 Å². The molecule has 0 amide bonds. The second-order valence-electron chi connectivity index (χ2n) is 4.66. The lowest BCUT2D eigenvalue weighted by molar-refractivity contribution is -0.137. The van der Waals surface area contributed by atoms with Gasteiger partial charge < -0.3 is 0 Å². The molecule has 2 nitrogen and oxygen atoms in total. The van der Waals surface area contributed by atoms with Crippen LogP contribution in [-0.4, -0.2) is 9.97 Å². The predicted octanol–water partition coefficient (Wildman–Crippen LogP) is 4.94. The summed E-state index contributed by atoms with van der Waals surface area (Å²) in [6.45, 7) is 0. The van der Waals surface area contributed by atoms with E-state index in [0.29, 0.717) is 10.8 Å². The van der Waals surface area contributed by atoms with Gasteiger partial charge in [-0.2, -0.15) is 13.2 Å². The van der Waals surface area contributed by atoms with Crippen molar-refractivity contribution in [1.82, 2.24) is 9.97 Å². The van der Waals surface area contributed by atoms with E-state index >= 15 is 0 Å². The number of hydrogen-bond donors (Lipinski definition) is 0. The zero-order valence-corrected chi connectivity index (χ0v) is 12.2. The molecule has 0 radical (unpaired) electrons. The summed E-state index contributed by atoms with van der Waals surface area (Å²) < 4.78 is 37.5. The van der Waals surface area contributed by atoms with Gasteiger partial charge in [0.15, 0.2) is 0 Å². The molecule has 6 heteroatoms. The van der Waals surface area contributed by atoms with E-state index in [1.165, 1.54) is 17.8 Å². The maximum Gasteiger partial charge on any atom is 0.417 e. The Morgan fingerprint density at radius 1 is 0.955 bits per heavy atom. The molecule has 1 aromatic carbocycles. The smallest absolute Gasteiger partial charge is 0.256 e. The normalized spacial score (nSPS) is 11.8. The fourth-order valence-electron chi connectivity index (χ4n) is 2.07. The van der Waals surface area contributed by atoms with Gasteiger partial charge in [0, 0.05) is 23.5 Å². The maximum atomic E-state index is 12.5. The molecule has 0 N–H and O–H groups in total. The van der Waals surface area contributed by atoms with Gasteiger partial charge in [0.05, 0.1) is 16.1 Å². The molecule has 22 heavy (non-hydrogen) atoms. The van der Waals surface area contributed by atoms with Crippen LogP contribution in [0.2, 0.25) is 0 Å². The van der Waals surface area contributed by atoms with Crippen molar-refractivity contribution in [2.45, 2.75) is 17.0 Å². The molecule has 0 saturated carbocycles. The van der Waals surface area contributed by atoms with Crippen LogP contribution in [0.1, 0.15) is 11.1 Å². The van der Waals surface area contributed by atoms with Crippen LogP contribution < -0.4 is 0 Å². The molecule has 0 atom stereocenters. The Balaban J connectivity index is 1.77. The largest absolute Gasteiger partial charge is 0.417 e. The highest BCUT2D eigenvalue weighted by molar-refractivity contribution is 7.98. The lowest BCUT2D eigenvalue weighted by atomic mass is 10.1. The molecule has 0 aliphatic rings. The van der Waals surface area contributed by atoms with Crippen LogP contribution in [0.15, 0.2) is 59.9 Å². The van der Waals surface area contributed by atoms with Crippen LogP contribution >= 0.6 is 11.8 Å². The van der Waals surface area contributed by atoms with E-state index in [9.17, 15) is 13.2 Å². The molecule has 0 fully saturated rings. The van der Waals surface area contributed by atoms with Gasteiger partial charge in [0.25, 0.3) is 0 Å². The summed E-state index contributed by atoms with van der Waals surface area (Å²) in [4.78, 5) is 8.22. The third kappa shape index (κ3) is 3.22. The zero-order valence-electron chi connectivity index (χ0n) is 11.3. The first-order valence-electron chi connectivity index (χ1n) is 6.53. The van der Waals surface area contributed by atoms with Crippen molar-refractivity contribution in [2.75, 3.05) is 0 Å². The van der Waals surface area contributed by atoms with Crippen molar-refractivity contribution >= 4 is 22.7 Å². The number of fused-ring (bicyclic) bond motifs is 1. The van der Waals surface area contributed by atoms with E-state index < -0.39 is 11.7 Å². The SMILES string of the molecule is FC(F)(F)c1ccc(SCc2cccc3cccnc23)nc1. The molecule has 0 saturated heterocycles. The fourth-order valence-corrected chi connectivity index (χ4v) is 2.90. The Hall–Kier alpha value is -2.08. The monoisotopic (exact) mass is 320 g/mol. The summed E-state index contributed by atoms with van der Waals surface area (Å²) in [6.07, 6.45) is -1.76. The second-order valence-corrected chi connectivity index (χ2v) is 5.66. The summed E-state index contributed by atoms with van der Waals surface area (Å²) in [5, 5.41) is 1.60. The number of para-hydroxylation sites is 1. The Labute approximate surface area is 129 Å². The zero-order chi connectivity index (χ0) is 15.6. The number of rotatable bonds is 3. The first-order valence-corrected chi connectivity index (χ1v) is 7.51. The number of aromatic nitrogens is 2. The number of hydrogen-bond acceptors (Lipinski definition) is 3. The van der Waals surface area contributed by atoms with E-state index in [2.05, 4.69) is 9.97 Å². The van der Waals surface area contributed by atoms with Crippen LogP contribution in [-0.2, 0) is 11.9 Å². The van der Waals surface area contributed by atoms with Crippen molar-refractivity contribution in [2.24, 2.45) is 0 Å². The minimum atomic E-state index is -4.35. The third-order valence-electron chi connectivity index (χ3n) is 3.16. The number of nitrogens with zero attached hydrogens (tertiary/aromatic N) is 2. The number of benzene rings is 1. The topological polar surface area (TPSA) is 25.8 Å². The summed E-state index contributed by atoms with van der Waals surface area (Å²) in [7, 11) is 0. The highest BCUT2D eigenvalue weighted by Crippen LogP contribution is 2.30. The van der Waals surface area contributed by atoms with E-state index in [1.807, 2.05) is 30.3 Å². The average Bonchev–Trinajstić information content (AvgIpc) is 2.52. The summed E-state index contributed by atoms with van der Waals surface area (Å²) in [5.41, 5.74) is 1.21. The van der Waals surface area contributed by atoms with E-state index in [1.54, 1.807) is 6.20 Å². The molecule has 0 bridgehead atoms. The Morgan fingerprint density at radius 2 is 1.77 bits per heavy atom. The van der Waals surface area contributed by atoms with E-state index in [-0.39, 0.29) is 0 Å². The minimum absolute atomic E-state index is 0.556. The second kappa shape index (κ2) is 5.96. The Morgan fingerprint density at radius 3 is 2.50 bits per heavy atom. The van der Waals surface area contributed by atoms with Gasteiger partial charge in [-0.15, -0.1) is 11.8 Å². The van der Waals surface area contributed by atoms with Crippen LogP contribution in [0.5, 0.6) is 0 Å². The van der Waals surface area contributed by atoms with Gasteiger partial charge in [-0.3, -0.25) is 4.98 Å². The molecule has 3 aromatic rings. The standard InChI is InChI=1S/C16H11F3N2S/c17-16(18,19)13-6-7-14(21-9-13)22-10-12-4-1-3-11-5-2-8-20-15(11)12/h1-9H,10H2. The molecule has 2 aromatic heterocycles. The highest BCUT2D eigenvalue weighted by atomic mass is 32.2. The Bertz CT molecular complexity index is 780. The van der Waals surface area contributed by atoms with Gasteiger partial charge in [-0.1, -0.05) is 24.3 Å². The molecule has 2 heterocycles. The van der Waals surface area contributed by atoms with E-state index in [4.69, 9.17) is 0 Å². The van der Waals surface area contributed by atoms with Crippen LogP contribution in [0.3, 0.4) is 0 Å². The first kappa shape index (κ1) is 14.8. The van der Waals surface area contributed by atoms with Crippen LogP contribution in [0.25, 0.3) is 10.9 Å². The van der Waals surface area contributed by atoms with Gasteiger partial charge in [-0.25, -0.2) is 4.98 Å². The number of alkyl halides is 3. The van der Waals surface area contributed by atoms with Gasteiger partial charge >= 0.3 is 6.18 Å². The fraction of sp³-hybridized carbons (Fsp3) is 0.125. The molecule has 0 unspecified atom stereocenters. The summed E-state index contributed by atoms with van der Waals surface area (Å²) >= 11 is 1.39. The van der Waals surface area contributed by atoms with Gasteiger partial charge in [0.1, 0.15) is 0 Å². The number of pyridine rings is 2. The molecule has 112 valence electrons. The molecular formula is C16H11F3N2S. The van der Waals surface area contributed by atoms with Crippen molar-refractivity contribution in [3.05, 3.63) is 66.0 Å². The number of thioether (sulfide) groups is 1. The van der Waals surface area contributed by atoms with Crippen molar-refractivity contribution < 1.29 is 13.2 Å². The summed E-state index contributed by atoms with van der Waals surface area (Å²) in [5.74, 6) is 0.604. The summed E-state index contributed by atoms with van der Waals surface area (Å²) in [6, 6.07) is 12.2. The Kier molecular flexibility index (Phi) is 4.02. The molecule has 0 aliphatic carbocycles. The molecule has 0 spiro atoms. The van der Waals surface area contributed by atoms with Gasteiger partial charge in [-0.05, 0) is 23.8 Å².